The number of phenols is 1. The second-order valence-corrected chi connectivity index (χ2v) is 9.71. The van der Waals surface area contributed by atoms with E-state index >= 15 is 0 Å². The minimum atomic E-state index is -0.699. The number of carbonyl (C=O) groups excluding carboxylic acids is 2. The molecule has 2 heterocycles. The second-order valence-electron chi connectivity index (χ2n) is 9.71. The van der Waals surface area contributed by atoms with Crippen LogP contribution in [0, 0.1) is 11.6 Å². The molecule has 6 nitrogen and oxygen atoms in total. The molecule has 0 radical (unpaired) electrons. The van der Waals surface area contributed by atoms with Gasteiger partial charge in [0.15, 0.2) is 17.8 Å². The van der Waals surface area contributed by atoms with Crippen molar-refractivity contribution >= 4 is 23.5 Å². The molecule has 5 rings (SSSR count). The minimum absolute atomic E-state index is 0.0486. The van der Waals surface area contributed by atoms with Crippen LogP contribution in [0.1, 0.15) is 46.4 Å². The van der Waals surface area contributed by atoms with Crippen LogP contribution in [0.3, 0.4) is 0 Å². The van der Waals surface area contributed by atoms with E-state index in [1.165, 1.54) is 25.4 Å². The van der Waals surface area contributed by atoms with Crippen molar-refractivity contribution in [1.29, 1.82) is 0 Å². The number of aromatic hydroxyl groups is 1. The Hall–Kier alpha value is -4.59. The Morgan fingerprint density at radius 3 is 2.62 bits per heavy atom. The van der Waals surface area contributed by atoms with Crippen molar-refractivity contribution in [2.24, 2.45) is 0 Å². The predicted molar refractivity (Wildman–Crippen MR) is 143 cm³/mol. The number of fused-ring (bicyclic) bond motifs is 1. The van der Waals surface area contributed by atoms with Gasteiger partial charge in [0.25, 0.3) is 0 Å². The summed E-state index contributed by atoms with van der Waals surface area (Å²) in [6.45, 7) is 1.56. The Balaban J connectivity index is 1.49. The number of hydrogen-bond acceptors (Lipinski definition) is 5. The molecule has 0 bridgehead atoms. The van der Waals surface area contributed by atoms with E-state index in [2.05, 4.69) is 9.97 Å². The largest absolute Gasteiger partial charge is 0.508 e. The lowest BCUT2D eigenvalue weighted by atomic mass is 9.87. The fourth-order valence-corrected chi connectivity index (χ4v) is 5.05. The third kappa shape index (κ3) is 5.95. The second kappa shape index (κ2) is 11.0. The molecule has 1 atom stereocenters. The molecule has 196 valence electrons. The van der Waals surface area contributed by atoms with Crippen molar-refractivity contribution in [2.75, 3.05) is 6.54 Å². The summed E-state index contributed by atoms with van der Waals surface area (Å²) in [6.07, 6.45) is 5.77. The molecule has 0 fully saturated rings. The molecule has 1 aromatic heterocycles. The maximum absolute atomic E-state index is 14.1. The van der Waals surface area contributed by atoms with Gasteiger partial charge in [-0.3, -0.25) is 9.59 Å². The quantitative estimate of drug-likeness (QED) is 0.227. The topological polar surface area (TPSA) is 83.2 Å². The third-order valence-corrected chi connectivity index (χ3v) is 6.84. The molecule has 4 aromatic rings. The predicted octanol–water partition coefficient (Wildman–Crippen LogP) is 5.59. The summed E-state index contributed by atoms with van der Waals surface area (Å²) < 4.78 is 29.9. The van der Waals surface area contributed by atoms with Crippen LogP contribution < -0.4 is 0 Å². The molecule has 39 heavy (non-hydrogen) atoms. The first-order chi connectivity index (χ1) is 18.8. The van der Waals surface area contributed by atoms with Crippen molar-refractivity contribution in [3.05, 3.63) is 107 Å². The van der Waals surface area contributed by atoms with Gasteiger partial charge in [-0.15, -0.1) is 0 Å². The minimum Gasteiger partial charge on any atom is -0.508 e. The van der Waals surface area contributed by atoms with Crippen molar-refractivity contribution in [3.63, 3.8) is 0 Å². The third-order valence-electron chi connectivity index (χ3n) is 6.84. The number of phenolic OH excluding ortho intramolecular Hbond substituents is 1. The summed E-state index contributed by atoms with van der Waals surface area (Å²) in [5, 5.41) is 9.92. The smallest absolute Gasteiger partial charge is 0.212 e. The van der Waals surface area contributed by atoms with Gasteiger partial charge in [0.1, 0.15) is 23.7 Å². The zero-order valence-electron chi connectivity index (χ0n) is 21.3. The Kier molecular flexibility index (Phi) is 7.36. The van der Waals surface area contributed by atoms with E-state index in [9.17, 15) is 23.5 Å². The highest BCUT2D eigenvalue weighted by Gasteiger charge is 2.28. The number of nitrogens with zero attached hydrogens (tertiary/aromatic N) is 3. The van der Waals surface area contributed by atoms with Gasteiger partial charge in [0.2, 0.25) is 12.2 Å². The summed E-state index contributed by atoms with van der Waals surface area (Å²) in [5.74, 6) is -2.00. The Morgan fingerprint density at radius 1 is 1.05 bits per heavy atom. The summed E-state index contributed by atoms with van der Waals surface area (Å²) in [6, 6.07) is 15.4. The average Bonchev–Trinajstić information content (AvgIpc) is 3.29. The molecule has 0 amide bonds. The van der Waals surface area contributed by atoms with E-state index in [0.717, 1.165) is 17.3 Å². The van der Waals surface area contributed by atoms with Crippen molar-refractivity contribution in [3.8, 4) is 16.9 Å². The zero-order valence-corrected chi connectivity index (χ0v) is 21.3. The van der Waals surface area contributed by atoms with Crippen LogP contribution in [0.5, 0.6) is 5.75 Å². The Morgan fingerprint density at radius 2 is 1.85 bits per heavy atom. The Bertz CT molecular complexity index is 1600. The van der Waals surface area contributed by atoms with Gasteiger partial charge >= 0.3 is 0 Å². The maximum Gasteiger partial charge on any atom is 0.212 e. The SMILES string of the molecule is CC(=O)c1cccc(-c2cncnc2[C@@H](CC(=O)C[N+]2=CCc3ccc(O)cc32)Cc2cc(F)cc(F)c2)c1. The van der Waals surface area contributed by atoms with Crippen LogP contribution in [-0.2, 0) is 17.6 Å². The molecule has 0 saturated heterocycles. The molecule has 0 aliphatic carbocycles. The number of halogens is 2. The van der Waals surface area contributed by atoms with Gasteiger partial charge < -0.3 is 5.11 Å². The molecule has 1 N–H and O–H groups in total. The number of hydrogen-bond donors (Lipinski definition) is 1. The Labute approximate surface area is 224 Å². The first-order valence-electron chi connectivity index (χ1n) is 12.6. The van der Waals surface area contributed by atoms with Gasteiger partial charge in [0, 0.05) is 41.3 Å². The standard InChI is InChI=1S/C31H25F2N3O3/c1-19(37)22-3-2-4-23(12-22)29-16-34-18-35-31(29)24(9-20-10-25(32)14-26(33)11-20)13-28(39)17-36-8-7-21-5-6-27(38)15-30(21)36/h2-6,8,10-12,14-16,18,24H,7,9,13,17H2,1H3/p+1/t24-/m1/s1. The lowest BCUT2D eigenvalue weighted by molar-refractivity contribution is -0.420. The number of rotatable bonds is 9. The molecule has 1 aliphatic heterocycles. The van der Waals surface area contributed by atoms with Gasteiger partial charge in [-0.05, 0) is 54.8 Å². The highest BCUT2D eigenvalue weighted by Crippen LogP contribution is 2.33. The molecule has 8 heteroatoms. The maximum atomic E-state index is 14.1. The first kappa shape index (κ1) is 26.0. The molecule has 0 spiro atoms. The number of ketones is 2. The van der Waals surface area contributed by atoms with Crippen molar-refractivity contribution in [1.82, 2.24) is 9.97 Å². The van der Waals surface area contributed by atoms with Gasteiger partial charge in [-0.25, -0.2) is 18.7 Å². The van der Waals surface area contributed by atoms with E-state index in [0.29, 0.717) is 34.4 Å². The van der Waals surface area contributed by atoms with Crippen LogP contribution in [0.15, 0.2) is 73.2 Å². The van der Waals surface area contributed by atoms with Crippen LogP contribution in [0.25, 0.3) is 11.1 Å². The fourth-order valence-electron chi connectivity index (χ4n) is 5.05. The molecule has 0 saturated carbocycles. The van der Waals surface area contributed by atoms with E-state index < -0.39 is 17.6 Å². The fraction of sp³-hybridized carbons (Fsp3) is 0.194. The van der Waals surface area contributed by atoms with Gasteiger partial charge in [-0.2, -0.15) is 4.58 Å². The van der Waals surface area contributed by atoms with Crippen LogP contribution in [0.4, 0.5) is 14.5 Å². The monoisotopic (exact) mass is 526 g/mol. The zero-order chi connectivity index (χ0) is 27.5. The van der Waals surface area contributed by atoms with Crippen LogP contribution in [0.2, 0.25) is 0 Å². The van der Waals surface area contributed by atoms with Crippen LogP contribution in [-0.4, -0.2) is 44.0 Å². The number of Topliss-reactive ketones (excluding diaryl/α,β-unsaturated/α-hetero) is 2. The highest BCUT2D eigenvalue weighted by atomic mass is 19.1. The van der Waals surface area contributed by atoms with E-state index in [-0.39, 0.29) is 36.7 Å². The van der Waals surface area contributed by atoms with Crippen LogP contribution >= 0.6 is 0 Å². The highest BCUT2D eigenvalue weighted by molar-refractivity contribution is 5.95. The lowest BCUT2D eigenvalue weighted by Crippen LogP contribution is -2.20. The average molecular weight is 527 g/mol. The van der Waals surface area contributed by atoms with E-state index in [4.69, 9.17) is 0 Å². The number of aromatic nitrogens is 2. The molecule has 3 aromatic carbocycles. The van der Waals surface area contributed by atoms with Crippen molar-refractivity contribution in [2.45, 2.75) is 32.1 Å². The molecular formula is C31H26F2N3O3+. The van der Waals surface area contributed by atoms with E-state index in [1.54, 1.807) is 36.5 Å². The molecule has 0 unspecified atom stereocenters. The lowest BCUT2D eigenvalue weighted by Gasteiger charge is -2.19. The van der Waals surface area contributed by atoms with E-state index in [1.807, 2.05) is 22.9 Å². The number of benzene rings is 3. The summed E-state index contributed by atoms with van der Waals surface area (Å²) in [5.41, 5.74) is 4.60. The molecule has 1 aliphatic rings. The van der Waals surface area contributed by atoms with Crippen molar-refractivity contribution < 1.29 is 28.1 Å². The van der Waals surface area contributed by atoms with Gasteiger partial charge in [0.05, 0.1) is 18.2 Å². The van der Waals surface area contributed by atoms with Gasteiger partial charge in [-0.1, -0.05) is 18.2 Å². The normalized spacial score (nSPS) is 13.1. The molecular weight excluding hydrogens is 500 g/mol. The number of carbonyl (C=O) groups is 2. The first-order valence-corrected chi connectivity index (χ1v) is 12.6. The summed E-state index contributed by atoms with van der Waals surface area (Å²) >= 11 is 0. The summed E-state index contributed by atoms with van der Waals surface area (Å²) in [4.78, 5) is 34.1. The summed E-state index contributed by atoms with van der Waals surface area (Å²) in [7, 11) is 0.